The molecule has 2 N–H and O–H groups in total. The smallest absolute Gasteiger partial charge is 0.170 e. The van der Waals surface area contributed by atoms with Crippen molar-refractivity contribution in [3.05, 3.63) is 29.8 Å². The van der Waals surface area contributed by atoms with Gasteiger partial charge in [-0.2, -0.15) is 0 Å². The fourth-order valence-electron chi connectivity index (χ4n) is 1.04. The molecule has 0 amide bonds. The molecule has 3 nitrogen and oxygen atoms in total. The van der Waals surface area contributed by atoms with Gasteiger partial charge < -0.3 is 5.73 Å². The Kier molecular flexibility index (Phi) is 2.80. The summed E-state index contributed by atoms with van der Waals surface area (Å²) in [5.74, 6) is -0.313. The number of nitrogen functional groups attached to an aromatic ring is 1. The highest BCUT2D eigenvalue weighted by atomic mass is 16.1. The molecule has 68 valence electrons. The number of nitrogens with two attached hydrogens (primary N) is 1. The lowest BCUT2D eigenvalue weighted by Crippen LogP contribution is -2.05. The van der Waals surface area contributed by atoms with Crippen molar-refractivity contribution in [1.82, 2.24) is 0 Å². The van der Waals surface area contributed by atoms with Crippen LogP contribution in [-0.2, 0) is 4.79 Å². The van der Waals surface area contributed by atoms with Crippen LogP contribution in [0.5, 0.6) is 0 Å². The van der Waals surface area contributed by atoms with Gasteiger partial charge in [0, 0.05) is 11.3 Å². The van der Waals surface area contributed by atoms with Crippen LogP contribution in [0.3, 0.4) is 0 Å². The summed E-state index contributed by atoms with van der Waals surface area (Å²) < 4.78 is 0. The number of ketones is 2. The molecule has 0 radical (unpaired) electrons. The number of hydrogen-bond acceptors (Lipinski definition) is 3. The van der Waals surface area contributed by atoms with E-state index >= 15 is 0 Å². The van der Waals surface area contributed by atoms with Crippen molar-refractivity contribution in [2.45, 2.75) is 13.3 Å². The van der Waals surface area contributed by atoms with E-state index in [4.69, 9.17) is 5.73 Å². The lowest BCUT2D eigenvalue weighted by Gasteiger charge is -1.99. The van der Waals surface area contributed by atoms with E-state index in [0.717, 1.165) is 0 Å². The summed E-state index contributed by atoms with van der Waals surface area (Å²) >= 11 is 0. The van der Waals surface area contributed by atoms with Gasteiger partial charge in [-0.3, -0.25) is 9.59 Å². The van der Waals surface area contributed by atoms with E-state index in [0.29, 0.717) is 11.3 Å². The number of hydrogen-bond donors (Lipinski definition) is 1. The van der Waals surface area contributed by atoms with Gasteiger partial charge in [-0.05, 0) is 19.1 Å². The Morgan fingerprint density at radius 1 is 1.38 bits per heavy atom. The Labute approximate surface area is 76.6 Å². The predicted molar refractivity (Wildman–Crippen MR) is 50.5 cm³/mol. The van der Waals surface area contributed by atoms with Crippen molar-refractivity contribution in [2.75, 3.05) is 5.73 Å². The maximum atomic E-state index is 11.3. The minimum atomic E-state index is -0.181. The lowest BCUT2D eigenvalue weighted by atomic mass is 10.1. The average molecular weight is 177 g/mol. The molecule has 0 aromatic heterocycles. The molecule has 0 aliphatic carbocycles. The minimum absolute atomic E-state index is 0.0521. The van der Waals surface area contributed by atoms with Crippen molar-refractivity contribution in [1.29, 1.82) is 0 Å². The van der Waals surface area contributed by atoms with Gasteiger partial charge in [0.05, 0.1) is 6.42 Å². The number of anilines is 1. The zero-order valence-electron chi connectivity index (χ0n) is 7.41. The highest BCUT2D eigenvalue weighted by Crippen LogP contribution is 2.08. The summed E-state index contributed by atoms with van der Waals surface area (Å²) in [5, 5.41) is 0. The molecule has 3 heteroatoms. The molecule has 0 atom stereocenters. The first-order valence-electron chi connectivity index (χ1n) is 3.98. The molecule has 0 aliphatic heterocycles. The zero-order chi connectivity index (χ0) is 9.84. The molecule has 13 heavy (non-hydrogen) atoms. The van der Waals surface area contributed by atoms with Crippen LogP contribution in [-0.4, -0.2) is 11.6 Å². The average Bonchev–Trinajstić information content (AvgIpc) is 2.03. The molecule has 0 saturated carbocycles. The van der Waals surface area contributed by atoms with Crippen LogP contribution in [0.2, 0.25) is 0 Å². The number of carbonyl (C=O) groups excluding carboxylic acids is 2. The minimum Gasteiger partial charge on any atom is -0.399 e. The number of benzene rings is 1. The van der Waals surface area contributed by atoms with Crippen LogP contribution in [0.1, 0.15) is 23.7 Å². The molecular weight excluding hydrogens is 166 g/mol. The van der Waals surface area contributed by atoms with Crippen molar-refractivity contribution in [2.24, 2.45) is 0 Å². The van der Waals surface area contributed by atoms with Gasteiger partial charge in [-0.1, -0.05) is 12.1 Å². The Morgan fingerprint density at radius 3 is 2.62 bits per heavy atom. The summed E-state index contributed by atoms with van der Waals surface area (Å²) in [5.41, 5.74) is 6.52. The molecule has 0 unspecified atom stereocenters. The molecule has 1 aromatic carbocycles. The Balaban J connectivity index is 2.83. The summed E-state index contributed by atoms with van der Waals surface area (Å²) in [4.78, 5) is 22.0. The van der Waals surface area contributed by atoms with E-state index in [1.165, 1.54) is 6.92 Å². The van der Waals surface area contributed by atoms with Gasteiger partial charge in [-0.15, -0.1) is 0 Å². The molecular formula is C10H11NO2. The summed E-state index contributed by atoms with van der Waals surface area (Å²) in [7, 11) is 0. The van der Waals surface area contributed by atoms with Crippen molar-refractivity contribution in [3.8, 4) is 0 Å². The first-order valence-corrected chi connectivity index (χ1v) is 3.98. The topological polar surface area (TPSA) is 60.2 Å². The normalized spacial score (nSPS) is 9.62. The van der Waals surface area contributed by atoms with Gasteiger partial charge >= 0.3 is 0 Å². The third kappa shape index (κ3) is 2.71. The monoisotopic (exact) mass is 177 g/mol. The van der Waals surface area contributed by atoms with E-state index < -0.39 is 0 Å². The molecule has 0 fully saturated rings. The molecule has 1 rings (SSSR count). The van der Waals surface area contributed by atoms with Gasteiger partial charge in [-0.25, -0.2) is 0 Å². The van der Waals surface area contributed by atoms with Gasteiger partial charge in [0.25, 0.3) is 0 Å². The summed E-state index contributed by atoms with van der Waals surface area (Å²) in [6.07, 6.45) is -0.0521. The van der Waals surface area contributed by atoms with E-state index in [1.54, 1.807) is 24.3 Å². The largest absolute Gasteiger partial charge is 0.399 e. The molecule has 0 aliphatic rings. The quantitative estimate of drug-likeness (QED) is 0.431. The Bertz CT molecular complexity index is 345. The maximum Gasteiger partial charge on any atom is 0.170 e. The molecule has 0 spiro atoms. The second-order valence-corrected chi connectivity index (χ2v) is 2.93. The SMILES string of the molecule is CC(=O)CC(=O)c1cccc(N)c1. The fourth-order valence-corrected chi connectivity index (χ4v) is 1.04. The van der Waals surface area contributed by atoms with E-state index in [1.807, 2.05) is 0 Å². The maximum absolute atomic E-state index is 11.3. The molecule has 1 aromatic rings. The highest BCUT2D eigenvalue weighted by molar-refractivity contribution is 6.07. The van der Waals surface area contributed by atoms with Crippen molar-refractivity contribution in [3.63, 3.8) is 0 Å². The third-order valence-corrected chi connectivity index (χ3v) is 1.62. The Hall–Kier alpha value is -1.64. The van der Waals surface area contributed by atoms with Crippen LogP contribution >= 0.6 is 0 Å². The molecule has 0 saturated heterocycles. The van der Waals surface area contributed by atoms with Gasteiger partial charge in [0.15, 0.2) is 5.78 Å². The first kappa shape index (κ1) is 9.45. The second-order valence-electron chi connectivity index (χ2n) is 2.93. The molecule has 0 bridgehead atoms. The number of carbonyl (C=O) groups is 2. The van der Waals surface area contributed by atoms with Crippen molar-refractivity contribution < 1.29 is 9.59 Å². The van der Waals surface area contributed by atoms with Crippen molar-refractivity contribution >= 4 is 17.3 Å². The summed E-state index contributed by atoms with van der Waals surface area (Å²) in [6, 6.07) is 6.63. The Morgan fingerprint density at radius 2 is 2.08 bits per heavy atom. The van der Waals surface area contributed by atoms with E-state index in [-0.39, 0.29) is 18.0 Å². The van der Waals surface area contributed by atoms with Crippen LogP contribution < -0.4 is 5.73 Å². The molecule has 0 heterocycles. The standard InChI is InChI=1S/C10H11NO2/c1-7(12)5-10(13)8-3-2-4-9(11)6-8/h2-4,6H,5,11H2,1H3. The highest BCUT2D eigenvalue weighted by Gasteiger charge is 2.07. The second kappa shape index (κ2) is 3.85. The number of Topliss-reactive ketones (excluding diaryl/α,β-unsaturated/α-hetero) is 2. The fraction of sp³-hybridized carbons (Fsp3) is 0.200. The van der Waals surface area contributed by atoms with Crippen LogP contribution in [0, 0.1) is 0 Å². The van der Waals surface area contributed by atoms with Crippen LogP contribution in [0.25, 0.3) is 0 Å². The first-order chi connectivity index (χ1) is 6.09. The lowest BCUT2D eigenvalue weighted by molar-refractivity contribution is -0.116. The van der Waals surface area contributed by atoms with Gasteiger partial charge in [0.1, 0.15) is 5.78 Å². The summed E-state index contributed by atoms with van der Waals surface area (Å²) in [6.45, 7) is 1.39. The van der Waals surface area contributed by atoms with E-state index in [2.05, 4.69) is 0 Å². The zero-order valence-corrected chi connectivity index (χ0v) is 7.41. The van der Waals surface area contributed by atoms with E-state index in [9.17, 15) is 9.59 Å². The third-order valence-electron chi connectivity index (χ3n) is 1.62. The van der Waals surface area contributed by atoms with Crippen LogP contribution in [0.4, 0.5) is 5.69 Å². The van der Waals surface area contributed by atoms with Crippen LogP contribution in [0.15, 0.2) is 24.3 Å². The number of rotatable bonds is 3. The van der Waals surface area contributed by atoms with Gasteiger partial charge in [0.2, 0.25) is 0 Å². The predicted octanol–water partition coefficient (Wildman–Crippen LogP) is 1.43.